The maximum absolute atomic E-state index is 12.4. The molecule has 1 aromatic carbocycles. The van der Waals surface area contributed by atoms with Crippen LogP contribution in [0.4, 0.5) is 11.6 Å². The van der Waals surface area contributed by atoms with Gasteiger partial charge in [0.15, 0.2) is 0 Å². The normalized spacial score (nSPS) is 14.2. The summed E-state index contributed by atoms with van der Waals surface area (Å²) in [5.74, 6) is 1.50. The number of hydrogen-bond donors (Lipinski definition) is 1. The van der Waals surface area contributed by atoms with Crippen molar-refractivity contribution in [2.24, 2.45) is 0 Å². The molecule has 1 amide bonds. The van der Waals surface area contributed by atoms with Crippen LogP contribution < -0.4 is 15.0 Å². The molecule has 0 radical (unpaired) electrons. The minimum atomic E-state index is 0.144. The van der Waals surface area contributed by atoms with Crippen LogP contribution in [0.25, 0.3) is 0 Å². The third kappa shape index (κ3) is 4.54. The highest BCUT2D eigenvalue weighted by molar-refractivity contribution is 6.32. The second-order valence-electron chi connectivity index (χ2n) is 5.94. The van der Waals surface area contributed by atoms with Crippen molar-refractivity contribution in [3.63, 3.8) is 0 Å². The van der Waals surface area contributed by atoms with E-state index in [4.69, 9.17) is 16.3 Å². The van der Waals surface area contributed by atoms with Crippen molar-refractivity contribution in [1.29, 1.82) is 0 Å². The third-order valence-corrected chi connectivity index (χ3v) is 4.58. The summed E-state index contributed by atoms with van der Waals surface area (Å²) < 4.78 is 5.13. The molecule has 1 saturated heterocycles. The first-order valence-corrected chi connectivity index (χ1v) is 8.92. The van der Waals surface area contributed by atoms with Crippen molar-refractivity contribution in [2.75, 3.05) is 50.1 Å². The summed E-state index contributed by atoms with van der Waals surface area (Å²) >= 11 is 6.10. The zero-order chi connectivity index (χ0) is 18.4. The van der Waals surface area contributed by atoms with Gasteiger partial charge in [-0.2, -0.15) is 0 Å². The molecule has 0 atom stereocenters. The molecule has 0 spiro atoms. The molecular weight excluding hydrogens is 354 g/mol. The van der Waals surface area contributed by atoms with Gasteiger partial charge >= 0.3 is 0 Å². The van der Waals surface area contributed by atoms with E-state index in [1.807, 2.05) is 11.0 Å². The summed E-state index contributed by atoms with van der Waals surface area (Å²) in [5.41, 5.74) is 0.870. The number of aromatic nitrogens is 2. The molecule has 2 heterocycles. The van der Waals surface area contributed by atoms with E-state index in [-0.39, 0.29) is 5.91 Å². The number of carbonyl (C=O) groups is 1. The van der Waals surface area contributed by atoms with Gasteiger partial charge in [0.1, 0.15) is 5.75 Å². The molecule has 0 saturated carbocycles. The maximum atomic E-state index is 12.4. The molecule has 1 aliphatic heterocycles. The van der Waals surface area contributed by atoms with Crippen LogP contribution in [-0.2, 0) is 4.79 Å². The van der Waals surface area contributed by atoms with Crippen molar-refractivity contribution in [3.05, 3.63) is 41.7 Å². The van der Waals surface area contributed by atoms with Crippen LogP contribution in [-0.4, -0.2) is 60.6 Å². The molecule has 7 nitrogen and oxygen atoms in total. The van der Waals surface area contributed by atoms with Gasteiger partial charge in [0, 0.05) is 57.2 Å². The number of ether oxygens (including phenoxy) is 1. The number of amides is 1. The molecule has 0 unspecified atom stereocenters. The molecule has 0 bridgehead atoms. The van der Waals surface area contributed by atoms with Crippen molar-refractivity contribution < 1.29 is 9.53 Å². The van der Waals surface area contributed by atoms with Crippen LogP contribution in [0.1, 0.15) is 6.42 Å². The Morgan fingerprint density at radius 2 is 1.96 bits per heavy atom. The van der Waals surface area contributed by atoms with Gasteiger partial charge in [0.05, 0.1) is 12.1 Å². The second kappa shape index (κ2) is 8.71. The number of halogens is 1. The third-order valence-electron chi connectivity index (χ3n) is 4.29. The van der Waals surface area contributed by atoms with E-state index >= 15 is 0 Å². The first-order chi connectivity index (χ1) is 12.7. The predicted octanol–water partition coefficient (Wildman–Crippen LogP) is 2.29. The Labute approximate surface area is 157 Å². The predicted molar refractivity (Wildman–Crippen MR) is 102 cm³/mol. The van der Waals surface area contributed by atoms with Gasteiger partial charge in [0.25, 0.3) is 0 Å². The van der Waals surface area contributed by atoms with Gasteiger partial charge in [-0.15, -0.1) is 0 Å². The minimum absolute atomic E-state index is 0.144. The van der Waals surface area contributed by atoms with Gasteiger partial charge in [-0.3, -0.25) is 4.79 Å². The first kappa shape index (κ1) is 18.3. The fourth-order valence-corrected chi connectivity index (χ4v) is 3.12. The fourth-order valence-electron chi connectivity index (χ4n) is 2.86. The van der Waals surface area contributed by atoms with Crippen LogP contribution >= 0.6 is 11.6 Å². The molecule has 1 aromatic heterocycles. The highest BCUT2D eigenvalue weighted by atomic mass is 35.5. The smallest absolute Gasteiger partial charge is 0.225 e. The minimum Gasteiger partial charge on any atom is -0.495 e. The topological polar surface area (TPSA) is 70.6 Å². The van der Waals surface area contributed by atoms with Crippen molar-refractivity contribution >= 4 is 29.1 Å². The largest absolute Gasteiger partial charge is 0.495 e. The maximum Gasteiger partial charge on any atom is 0.225 e. The number of carbonyl (C=O) groups excluding carboxylic acids is 1. The lowest BCUT2D eigenvalue weighted by Crippen LogP contribution is -2.49. The summed E-state index contributed by atoms with van der Waals surface area (Å²) in [6.45, 7) is 3.43. The molecule has 2 aromatic rings. The molecular formula is C18H22ClN5O2. The Hall–Kier alpha value is -2.54. The lowest BCUT2D eigenvalue weighted by Gasteiger charge is -2.34. The Bertz CT molecular complexity index is 736. The van der Waals surface area contributed by atoms with E-state index in [1.54, 1.807) is 37.7 Å². The van der Waals surface area contributed by atoms with Crippen molar-refractivity contribution in [1.82, 2.24) is 14.9 Å². The number of benzene rings is 1. The summed E-state index contributed by atoms with van der Waals surface area (Å²) in [5, 5.41) is 3.77. The zero-order valence-electron chi connectivity index (χ0n) is 14.7. The van der Waals surface area contributed by atoms with E-state index in [9.17, 15) is 4.79 Å². The molecule has 1 aliphatic rings. The van der Waals surface area contributed by atoms with Crippen LogP contribution in [0.15, 0.2) is 36.7 Å². The van der Waals surface area contributed by atoms with E-state index in [0.717, 1.165) is 24.7 Å². The Morgan fingerprint density at radius 3 is 2.62 bits per heavy atom. The first-order valence-electron chi connectivity index (χ1n) is 8.54. The van der Waals surface area contributed by atoms with Crippen LogP contribution in [0.3, 0.4) is 0 Å². The highest BCUT2D eigenvalue weighted by Gasteiger charge is 2.21. The quantitative estimate of drug-likeness (QED) is 0.835. The van der Waals surface area contributed by atoms with Crippen molar-refractivity contribution in [2.45, 2.75) is 6.42 Å². The number of methoxy groups -OCH3 is 1. The number of piperazine rings is 1. The summed E-state index contributed by atoms with van der Waals surface area (Å²) in [4.78, 5) is 24.9. The number of anilines is 2. The summed E-state index contributed by atoms with van der Waals surface area (Å²) in [7, 11) is 1.58. The molecule has 1 N–H and O–H groups in total. The zero-order valence-corrected chi connectivity index (χ0v) is 15.4. The molecule has 138 valence electrons. The number of nitrogens with zero attached hydrogens (tertiary/aromatic N) is 4. The second-order valence-corrected chi connectivity index (χ2v) is 6.35. The van der Waals surface area contributed by atoms with Gasteiger partial charge < -0.3 is 19.9 Å². The van der Waals surface area contributed by atoms with Crippen LogP contribution in [0, 0.1) is 0 Å². The Morgan fingerprint density at radius 1 is 1.23 bits per heavy atom. The lowest BCUT2D eigenvalue weighted by molar-refractivity contribution is -0.131. The molecule has 0 aliphatic carbocycles. The van der Waals surface area contributed by atoms with E-state index in [2.05, 4.69) is 20.2 Å². The van der Waals surface area contributed by atoms with E-state index < -0.39 is 0 Å². The molecule has 8 heteroatoms. The monoisotopic (exact) mass is 375 g/mol. The summed E-state index contributed by atoms with van der Waals surface area (Å²) in [6, 6.07) is 7.28. The van der Waals surface area contributed by atoms with Gasteiger partial charge in [-0.1, -0.05) is 11.6 Å². The summed E-state index contributed by atoms with van der Waals surface area (Å²) in [6.07, 6.45) is 3.90. The van der Waals surface area contributed by atoms with E-state index in [1.165, 1.54) is 0 Å². The number of nitrogens with one attached hydrogen (secondary N) is 1. The number of rotatable bonds is 6. The van der Waals surface area contributed by atoms with Crippen molar-refractivity contribution in [3.8, 4) is 5.75 Å². The average Bonchev–Trinajstić information content (AvgIpc) is 2.69. The molecule has 3 rings (SSSR count). The SMILES string of the molecule is COc1ccc(NCCC(=O)N2CCN(c3ncccn3)CC2)cc1Cl. The van der Waals surface area contributed by atoms with Gasteiger partial charge in [-0.05, 0) is 24.3 Å². The lowest BCUT2D eigenvalue weighted by atomic mass is 10.2. The van der Waals surface area contributed by atoms with Gasteiger partial charge in [-0.25, -0.2) is 9.97 Å². The van der Waals surface area contributed by atoms with E-state index in [0.29, 0.717) is 36.8 Å². The van der Waals surface area contributed by atoms with Crippen LogP contribution in [0.5, 0.6) is 5.75 Å². The van der Waals surface area contributed by atoms with Crippen LogP contribution in [0.2, 0.25) is 5.02 Å². The van der Waals surface area contributed by atoms with Gasteiger partial charge in [0.2, 0.25) is 11.9 Å². The molecule has 26 heavy (non-hydrogen) atoms. The highest BCUT2D eigenvalue weighted by Crippen LogP contribution is 2.27. The molecule has 1 fully saturated rings. The average molecular weight is 376 g/mol. The number of hydrogen-bond acceptors (Lipinski definition) is 6. The Balaban J connectivity index is 1.42. The standard InChI is InChI=1S/C18H22ClN5O2/c1-26-16-4-3-14(13-15(16)19)20-8-5-17(25)23-9-11-24(12-10-23)18-21-6-2-7-22-18/h2-4,6-7,13,20H,5,8-12H2,1H3. The Kier molecular flexibility index (Phi) is 6.12. The fraction of sp³-hybridized carbons (Fsp3) is 0.389.